The van der Waals surface area contributed by atoms with Crippen LogP contribution in [0.25, 0.3) is 0 Å². The largest absolute Gasteiger partial charge is 0.317 e. The number of rotatable bonds is 3. The first-order valence-electron chi connectivity index (χ1n) is 6.36. The standard InChI is InChI=1S/C13H16ClN3O2S.ClH/c1-16-11-4-6-17(7-5-11)20(18,19)12-2-3-13(14)10(8-12)9-15;/h2-3,8,11,16H,4-7H2,1H3;1H. The van der Waals surface area contributed by atoms with Crippen molar-refractivity contribution in [2.45, 2.75) is 23.8 Å². The average molecular weight is 350 g/mol. The van der Waals surface area contributed by atoms with Crippen LogP contribution in [-0.4, -0.2) is 38.9 Å². The highest BCUT2D eigenvalue weighted by Crippen LogP contribution is 2.24. The van der Waals surface area contributed by atoms with Gasteiger partial charge in [0.25, 0.3) is 0 Å². The number of sulfonamides is 1. The van der Waals surface area contributed by atoms with Gasteiger partial charge < -0.3 is 5.32 Å². The molecule has 21 heavy (non-hydrogen) atoms. The zero-order valence-corrected chi connectivity index (χ0v) is 13.9. The van der Waals surface area contributed by atoms with Gasteiger partial charge in [0.15, 0.2) is 0 Å². The fourth-order valence-electron chi connectivity index (χ4n) is 2.28. The number of hydrogen-bond donors (Lipinski definition) is 1. The van der Waals surface area contributed by atoms with E-state index in [4.69, 9.17) is 16.9 Å². The Morgan fingerprint density at radius 1 is 1.38 bits per heavy atom. The maximum atomic E-state index is 12.5. The van der Waals surface area contributed by atoms with Crippen molar-refractivity contribution in [3.8, 4) is 6.07 Å². The SMILES string of the molecule is CNC1CCN(S(=O)(=O)c2ccc(Cl)c(C#N)c2)CC1.Cl. The summed E-state index contributed by atoms with van der Waals surface area (Å²) in [6, 6.07) is 6.50. The highest BCUT2D eigenvalue weighted by molar-refractivity contribution is 7.89. The molecule has 1 N–H and O–H groups in total. The summed E-state index contributed by atoms with van der Waals surface area (Å²) in [6.45, 7) is 0.969. The molecule has 0 radical (unpaired) electrons. The summed E-state index contributed by atoms with van der Waals surface area (Å²) in [6.07, 6.45) is 1.57. The van der Waals surface area contributed by atoms with Gasteiger partial charge in [0.2, 0.25) is 10.0 Å². The second kappa shape index (κ2) is 7.43. The quantitative estimate of drug-likeness (QED) is 0.905. The molecule has 0 aromatic heterocycles. The Kier molecular flexibility index (Phi) is 6.44. The van der Waals surface area contributed by atoms with Gasteiger partial charge in [-0.1, -0.05) is 11.6 Å². The van der Waals surface area contributed by atoms with Crippen LogP contribution in [0.3, 0.4) is 0 Å². The summed E-state index contributed by atoms with van der Waals surface area (Å²) >= 11 is 5.83. The maximum Gasteiger partial charge on any atom is 0.243 e. The van der Waals surface area contributed by atoms with Gasteiger partial charge in [-0.3, -0.25) is 0 Å². The lowest BCUT2D eigenvalue weighted by Crippen LogP contribution is -2.43. The molecule has 0 saturated carbocycles. The van der Waals surface area contributed by atoms with Crippen LogP contribution in [0.1, 0.15) is 18.4 Å². The van der Waals surface area contributed by atoms with E-state index in [2.05, 4.69) is 5.32 Å². The van der Waals surface area contributed by atoms with Crippen molar-refractivity contribution in [2.24, 2.45) is 0 Å². The molecule has 0 amide bonds. The molecular weight excluding hydrogens is 333 g/mol. The predicted octanol–water partition coefficient (Wildman–Crippen LogP) is 2.01. The van der Waals surface area contributed by atoms with E-state index in [1.807, 2.05) is 13.1 Å². The molecule has 1 fully saturated rings. The zero-order valence-electron chi connectivity index (χ0n) is 11.5. The minimum absolute atomic E-state index is 0. The van der Waals surface area contributed by atoms with Gasteiger partial charge in [-0.2, -0.15) is 9.57 Å². The van der Waals surface area contributed by atoms with Crippen molar-refractivity contribution in [3.63, 3.8) is 0 Å². The zero-order chi connectivity index (χ0) is 14.8. The highest BCUT2D eigenvalue weighted by Gasteiger charge is 2.29. The molecule has 1 heterocycles. The molecule has 1 saturated heterocycles. The second-order valence-electron chi connectivity index (χ2n) is 4.72. The van der Waals surface area contributed by atoms with Gasteiger partial charge in [0.1, 0.15) is 6.07 Å². The number of nitriles is 1. The van der Waals surface area contributed by atoms with Crippen molar-refractivity contribution in [1.82, 2.24) is 9.62 Å². The number of halogens is 2. The highest BCUT2D eigenvalue weighted by atomic mass is 35.5. The molecule has 1 aromatic carbocycles. The van der Waals surface area contributed by atoms with Crippen LogP contribution in [0.5, 0.6) is 0 Å². The minimum Gasteiger partial charge on any atom is -0.317 e. The Labute approximate surface area is 136 Å². The molecule has 0 bridgehead atoms. The van der Waals surface area contributed by atoms with Crippen molar-refractivity contribution in [1.29, 1.82) is 5.26 Å². The molecular formula is C13H17Cl2N3O2S. The van der Waals surface area contributed by atoms with Gasteiger partial charge in [-0.05, 0) is 38.1 Å². The van der Waals surface area contributed by atoms with E-state index < -0.39 is 10.0 Å². The summed E-state index contributed by atoms with van der Waals surface area (Å²) < 4.78 is 26.5. The van der Waals surface area contributed by atoms with Gasteiger partial charge in [-0.15, -0.1) is 12.4 Å². The topological polar surface area (TPSA) is 73.2 Å². The summed E-state index contributed by atoms with van der Waals surface area (Å²) in [5, 5.41) is 12.4. The number of benzene rings is 1. The molecule has 5 nitrogen and oxygen atoms in total. The molecule has 0 unspecified atom stereocenters. The molecule has 1 aliphatic rings. The summed E-state index contributed by atoms with van der Waals surface area (Å²) in [4.78, 5) is 0.126. The Balaban J connectivity index is 0.00000220. The molecule has 116 valence electrons. The Morgan fingerprint density at radius 2 is 2.00 bits per heavy atom. The normalized spacial score (nSPS) is 17.0. The van der Waals surface area contributed by atoms with Gasteiger partial charge in [-0.25, -0.2) is 8.42 Å². The molecule has 8 heteroatoms. The second-order valence-corrected chi connectivity index (χ2v) is 7.07. The Morgan fingerprint density at radius 3 is 2.52 bits per heavy atom. The van der Waals surface area contributed by atoms with Gasteiger partial charge in [0, 0.05) is 19.1 Å². The molecule has 0 aliphatic carbocycles. The molecule has 1 aliphatic heterocycles. The summed E-state index contributed by atoms with van der Waals surface area (Å²) in [5.74, 6) is 0. The first kappa shape index (κ1) is 18.2. The van der Waals surface area contributed by atoms with Crippen molar-refractivity contribution in [2.75, 3.05) is 20.1 Å². The van der Waals surface area contributed by atoms with Gasteiger partial charge >= 0.3 is 0 Å². The van der Waals surface area contributed by atoms with E-state index in [0.717, 1.165) is 12.8 Å². The number of nitrogens with one attached hydrogen (secondary N) is 1. The van der Waals surface area contributed by atoms with Crippen LogP contribution in [-0.2, 0) is 10.0 Å². The molecule has 1 aromatic rings. The smallest absolute Gasteiger partial charge is 0.243 e. The Hall–Kier alpha value is -0.840. The van der Waals surface area contributed by atoms with Crippen molar-refractivity contribution in [3.05, 3.63) is 28.8 Å². The fourth-order valence-corrected chi connectivity index (χ4v) is 3.94. The van der Waals surface area contributed by atoms with Crippen LogP contribution in [0.15, 0.2) is 23.1 Å². The van der Waals surface area contributed by atoms with E-state index >= 15 is 0 Å². The number of hydrogen-bond acceptors (Lipinski definition) is 4. The van der Waals surface area contributed by atoms with E-state index in [0.29, 0.717) is 19.1 Å². The third-order valence-corrected chi connectivity index (χ3v) is 5.78. The molecule has 0 spiro atoms. The lowest BCUT2D eigenvalue weighted by Gasteiger charge is -2.31. The third kappa shape index (κ3) is 3.87. The van der Waals surface area contributed by atoms with Crippen LogP contribution < -0.4 is 5.32 Å². The lowest BCUT2D eigenvalue weighted by molar-refractivity contribution is 0.298. The Bertz CT molecular complexity index is 635. The maximum absolute atomic E-state index is 12.5. The molecule has 0 atom stereocenters. The average Bonchev–Trinajstić information content (AvgIpc) is 2.47. The van der Waals surface area contributed by atoms with Crippen molar-refractivity contribution >= 4 is 34.0 Å². The van der Waals surface area contributed by atoms with Crippen LogP contribution in [0, 0.1) is 11.3 Å². The van der Waals surface area contributed by atoms with E-state index in [1.54, 1.807) is 0 Å². The predicted molar refractivity (Wildman–Crippen MR) is 84.3 cm³/mol. The lowest BCUT2D eigenvalue weighted by atomic mass is 10.1. The number of piperidine rings is 1. The third-order valence-electron chi connectivity index (χ3n) is 3.56. The van der Waals surface area contributed by atoms with Crippen LogP contribution in [0.2, 0.25) is 5.02 Å². The van der Waals surface area contributed by atoms with E-state index in [-0.39, 0.29) is 27.9 Å². The van der Waals surface area contributed by atoms with Gasteiger partial charge in [0.05, 0.1) is 15.5 Å². The number of nitrogens with zero attached hydrogens (tertiary/aromatic N) is 2. The molecule has 2 rings (SSSR count). The van der Waals surface area contributed by atoms with Crippen LogP contribution in [0.4, 0.5) is 0 Å². The van der Waals surface area contributed by atoms with Crippen molar-refractivity contribution < 1.29 is 8.42 Å². The first-order valence-corrected chi connectivity index (χ1v) is 8.18. The fraction of sp³-hybridized carbons (Fsp3) is 0.462. The van der Waals surface area contributed by atoms with E-state index in [1.165, 1.54) is 22.5 Å². The summed E-state index contributed by atoms with van der Waals surface area (Å²) in [7, 11) is -1.67. The monoisotopic (exact) mass is 349 g/mol. The van der Waals surface area contributed by atoms with Crippen LogP contribution >= 0.6 is 24.0 Å². The first-order chi connectivity index (χ1) is 9.48. The summed E-state index contributed by atoms with van der Waals surface area (Å²) in [5.41, 5.74) is 0.179. The van der Waals surface area contributed by atoms with E-state index in [9.17, 15) is 8.42 Å². The minimum atomic E-state index is -3.55.